The molecular weight excluding hydrogens is 256 g/mol. The Morgan fingerprint density at radius 2 is 1.95 bits per heavy atom. The molecule has 0 aliphatic rings. The van der Waals surface area contributed by atoms with Crippen molar-refractivity contribution >= 4 is 12.3 Å². The van der Waals surface area contributed by atoms with Gasteiger partial charge in [-0.15, -0.1) is 0 Å². The van der Waals surface area contributed by atoms with Gasteiger partial charge in [0.15, 0.2) is 5.60 Å². The summed E-state index contributed by atoms with van der Waals surface area (Å²) in [7, 11) is 0. The molecule has 1 aromatic carbocycles. The molecule has 20 heavy (non-hydrogen) atoms. The number of ether oxygens (including phenoxy) is 2. The van der Waals surface area contributed by atoms with Crippen LogP contribution in [0.1, 0.15) is 49.2 Å². The molecule has 0 unspecified atom stereocenters. The minimum absolute atomic E-state index is 0.315. The third-order valence-electron chi connectivity index (χ3n) is 3.02. The Hall–Kier alpha value is -1.84. The van der Waals surface area contributed by atoms with E-state index >= 15 is 0 Å². The van der Waals surface area contributed by atoms with E-state index < -0.39 is 11.6 Å². The molecule has 0 amide bonds. The average Bonchev–Trinajstić information content (AvgIpc) is 2.40. The molecular formula is C16H22O4. The van der Waals surface area contributed by atoms with E-state index in [-0.39, 0.29) is 0 Å². The third kappa shape index (κ3) is 3.59. The van der Waals surface area contributed by atoms with Gasteiger partial charge >= 0.3 is 5.97 Å². The lowest BCUT2D eigenvalue weighted by molar-refractivity contribution is -0.158. The second-order valence-corrected chi connectivity index (χ2v) is 5.13. The van der Waals surface area contributed by atoms with Crippen molar-refractivity contribution in [3.8, 4) is 5.75 Å². The normalized spacial score (nSPS) is 11.1. The summed E-state index contributed by atoms with van der Waals surface area (Å²) in [5, 5.41) is 0. The fourth-order valence-electron chi connectivity index (χ4n) is 1.96. The monoisotopic (exact) mass is 278 g/mol. The first kappa shape index (κ1) is 16.2. The van der Waals surface area contributed by atoms with Crippen molar-refractivity contribution in [3.63, 3.8) is 0 Å². The molecule has 0 bridgehead atoms. The predicted molar refractivity (Wildman–Crippen MR) is 77.3 cm³/mol. The molecule has 0 atom stereocenters. The van der Waals surface area contributed by atoms with Crippen LogP contribution in [0.5, 0.6) is 5.75 Å². The molecule has 0 heterocycles. The molecule has 4 heteroatoms. The Morgan fingerprint density at radius 1 is 1.30 bits per heavy atom. The molecule has 0 aliphatic carbocycles. The van der Waals surface area contributed by atoms with Gasteiger partial charge < -0.3 is 9.47 Å². The molecule has 110 valence electrons. The number of hydrogen-bond donors (Lipinski definition) is 0. The van der Waals surface area contributed by atoms with Crippen LogP contribution in [0.15, 0.2) is 12.1 Å². The summed E-state index contributed by atoms with van der Waals surface area (Å²) in [6, 6.07) is 3.54. The Labute approximate surface area is 120 Å². The van der Waals surface area contributed by atoms with Gasteiger partial charge in [0.1, 0.15) is 12.0 Å². The molecule has 0 spiro atoms. The molecule has 4 nitrogen and oxygen atoms in total. The van der Waals surface area contributed by atoms with Crippen LogP contribution in [0, 0.1) is 6.92 Å². The van der Waals surface area contributed by atoms with Crippen LogP contribution in [-0.2, 0) is 16.0 Å². The van der Waals surface area contributed by atoms with Gasteiger partial charge in [-0.05, 0) is 57.4 Å². The Bertz CT molecular complexity index is 503. The van der Waals surface area contributed by atoms with E-state index in [2.05, 4.69) is 0 Å². The van der Waals surface area contributed by atoms with Crippen molar-refractivity contribution < 1.29 is 19.1 Å². The second-order valence-electron chi connectivity index (χ2n) is 5.13. The van der Waals surface area contributed by atoms with Crippen molar-refractivity contribution in [2.45, 2.75) is 46.6 Å². The number of carbonyl (C=O) groups excluding carboxylic acids is 2. The number of aldehydes is 1. The predicted octanol–water partition coefficient (Wildman–Crippen LogP) is 3.09. The van der Waals surface area contributed by atoms with Gasteiger partial charge in [0, 0.05) is 5.56 Å². The number of carbonyl (C=O) groups is 2. The van der Waals surface area contributed by atoms with E-state index in [1.807, 2.05) is 13.8 Å². The van der Waals surface area contributed by atoms with E-state index in [9.17, 15) is 9.59 Å². The number of benzene rings is 1. The van der Waals surface area contributed by atoms with Gasteiger partial charge in [0.05, 0.1) is 6.61 Å². The maximum Gasteiger partial charge on any atom is 0.349 e. The van der Waals surface area contributed by atoms with E-state index in [4.69, 9.17) is 9.47 Å². The zero-order valence-corrected chi connectivity index (χ0v) is 12.8. The minimum Gasteiger partial charge on any atom is -0.476 e. The van der Waals surface area contributed by atoms with E-state index in [0.717, 1.165) is 23.8 Å². The molecule has 0 radical (unpaired) electrons. The summed E-state index contributed by atoms with van der Waals surface area (Å²) in [6.45, 7) is 9.27. The molecule has 1 aromatic rings. The summed E-state index contributed by atoms with van der Waals surface area (Å²) in [6.07, 6.45) is 1.53. The van der Waals surface area contributed by atoms with E-state index in [0.29, 0.717) is 17.9 Å². The van der Waals surface area contributed by atoms with Crippen LogP contribution in [0.25, 0.3) is 0 Å². The number of aryl methyl sites for hydroxylation is 2. The summed E-state index contributed by atoms with van der Waals surface area (Å²) >= 11 is 0. The van der Waals surface area contributed by atoms with Gasteiger partial charge in [-0.25, -0.2) is 4.79 Å². The van der Waals surface area contributed by atoms with E-state index in [1.165, 1.54) is 0 Å². The zero-order valence-electron chi connectivity index (χ0n) is 12.8. The van der Waals surface area contributed by atoms with Gasteiger partial charge in [-0.3, -0.25) is 4.79 Å². The molecule has 0 aliphatic heterocycles. The molecule has 0 N–H and O–H groups in total. The summed E-state index contributed by atoms with van der Waals surface area (Å²) in [5.41, 5.74) is 1.29. The highest BCUT2D eigenvalue weighted by atomic mass is 16.6. The third-order valence-corrected chi connectivity index (χ3v) is 3.02. The van der Waals surface area contributed by atoms with Crippen molar-refractivity contribution in [1.29, 1.82) is 0 Å². The van der Waals surface area contributed by atoms with Crippen molar-refractivity contribution in [2.75, 3.05) is 6.61 Å². The van der Waals surface area contributed by atoms with Crippen molar-refractivity contribution in [1.82, 2.24) is 0 Å². The summed E-state index contributed by atoms with van der Waals surface area (Å²) in [5.74, 6) is 0.247. The Balaban J connectivity index is 3.14. The van der Waals surface area contributed by atoms with Gasteiger partial charge in [-0.2, -0.15) is 0 Å². The summed E-state index contributed by atoms with van der Waals surface area (Å²) in [4.78, 5) is 22.8. The second kappa shape index (κ2) is 6.55. The smallest absolute Gasteiger partial charge is 0.349 e. The molecule has 0 aromatic heterocycles. The lowest BCUT2D eigenvalue weighted by Crippen LogP contribution is -2.40. The number of rotatable bonds is 6. The fraction of sp³-hybridized carbons (Fsp3) is 0.500. The van der Waals surface area contributed by atoms with Gasteiger partial charge in [-0.1, -0.05) is 6.92 Å². The summed E-state index contributed by atoms with van der Waals surface area (Å²) < 4.78 is 10.9. The molecule has 0 saturated carbocycles. The van der Waals surface area contributed by atoms with Crippen LogP contribution in [0.3, 0.4) is 0 Å². The first-order valence-electron chi connectivity index (χ1n) is 6.80. The van der Waals surface area contributed by atoms with Crippen LogP contribution < -0.4 is 4.74 Å². The van der Waals surface area contributed by atoms with Crippen molar-refractivity contribution in [2.24, 2.45) is 0 Å². The van der Waals surface area contributed by atoms with Crippen molar-refractivity contribution in [3.05, 3.63) is 28.8 Å². The highest BCUT2D eigenvalue weighted by Gasteiger charge is 2.32. The fourth-order valence-corrected chi connectivity index (χ4v) is 1.96. The lowest BCUT2D eigenvalue weighted by atomic mass is 10.0. The minimum atomic E-state index is -1.06. The molecule has 0 fully saturated rings. The van der Waals surface area contributed by atoms with Crippen LogP contribution in [0.4, 0.5) is 0 Å². The number of esters is 1. The SMILES string of the molecule is CCOC(=O)C(C)(C)Oc1c(C)cc(C=O)cc1CC. The van der Waals surface area contributed by atoms with Crippen LogP contribution in [0.2, 0.25) is 0 Å². The van der Waals surface area contributed by atoms with E-state index in [1.54, 1.807) is 32.9 Å². The molecule has 1 rings (SSSR count). The first-order valence-corrected chi connectivity index (χ1v) is 6.80. The van der Waals surface area contributed by atoms with Gasteiger partial charge in [0.25, 0.3) is 0 Å². The maximum absolute atomic E-state index is 11.9. The zero-order chi connectivity index (χ0) is 15.3. The van der Waals surface area contributed by atoms with Crippen LogP contribution >= 0.6 is 0 Å². The standard InChI is InChI=1S/C16H22O4/c1-6-13-9-12(10-17)8-11(3)14(13)20-16(4,5)15(18)19-7-2/h8-10H,6-7H2,1-5H3. The quantitative estimate of drug-likeness (QED) is 0.592. The number of hydrogen-bond acceptors (Lipinski definition) is 4. The Morgan fingerprint density at radius 3 is 2.45 bits per heavy atom. The highest BCUT2D eigenvalue weighted by molar-refractivity contribution is 5.80. The van der Waals surface area contributed by atoms with Crippen LogP contribution in [-0.4, -0.2) is 24.5 Å². The molecule has 0 saturated heterocycles. The largest absolute Gasteiger partial charge is 0.476 e. The Kier molecular flexibility index (Phi) is 5.31. The lowest BCUT2D eigenvalue weighted by Gasteiger charge is -2.26. The average molecular weight is 278 g/mol. The topological polar surface area (TPSA) is 52.6 Å². The first-order chi connectivity index (χ1) is 9.35. The van der Waals surface area contributed by atoms with Gasteiger partial charge in [0.2, 0.25) is 0 Å². The highest BCUT2D eigenvalue weighted by Crippen LogP contribution is 2.29. The maximum atomic E-state index is 11.9.